The number of pyridine rings is 1. The lowest BCUT2D eigenvalue weighted by molar-refractivity contribution is 0.0732. The van der Waals surface area contributed by atoms with E-state index in [-0.39, 0.29) is 31.8 Å². The molecule has 0 N–H and O–H groups in total. The Bertz CT molecular complexity index is 1380. The first-order valence-corrected chi connectivity index (χ1v) is 12.6. The monoisotopic (exact) mass is 491 g/mol. The van der Waals surface area contributed by atoms with Gasteiger partial charge in [0, 0.05) is 29.3 Å². The number of sulfone groups is 1. The van der Waals surface area contributed by atoms with Gasteiger partial charge in [-0.05, 0) is 49.9 Å². The summed E-state index contributed by atoms with van der Waals surface area (Å²) >= 11 is 12.3. The molecule has 1 heterocycles. The number of hydrogen-bond acceptors (Lipinski definition) is 5. The second kappa shape index (κ2) is 8.73. The van der Waals surface area contributed by atoms with Crippen LogP contribution < -0.4 is 10.3 Å². The summed E-state index contributed by atoms with van der Waals surface area (Å²) in [4.78, 5) is 25.7. The first-order valence-electron chi connectivity index (χ1n) is 9.92. The summed E-state index contributed by atoms with van der Waals surface area (Å²) in [5.74, 6) is -0.636. The Balaban J connectivity index is 1.76. The van der Waals surface area contributed by atoms with Crippen molar-refractivity contribution < 1.29 is 17.9 Å². The molecule has 6 nitrogen and oxygen atoms in total. The predicted octanol–water partition coefficient (Wildman–Crippen LogP) is 4.65. The number of carbonyl (C=O) groups is 1. The summed E-state index contributed by atoms with van der Waals surface area (Å²) < 4.78 is 30.9. The number of halogens is 2. The maximum Gasteiger partial charge on any atom is 0.345 e. The van der Waals surface area contributed by atoms with Gasteiger partial charge in [-0.3, -0.25) is 9.36 Å². The third-order valence-electron chi connectivity index (χ3n) is 5.36. The van der Waals surface area contributed by atoms with E-state index in [1.54, 1.807) is 4.57 Å². The molecule has 3 aromatic rings. The van der Waals surface area contributed by atoms with E-state index in [9.17, 15) is 18.0 Å². The lowest BCUT2D eigenvalue weighted by atomic mass is 9.94. The summed E-state index contributed by atoms with van der Waals surface area (Å²) in [6.45, 7) is 0. The Morgan fingerprint density at radius 2 is 1.69 bits per heavy atom. The highest BCUT2D eigenvalue weighted by Crippen LogP contribution is 2.34. The van der Waals surface area contributed by atoms with E-state index in [4.69, 9.17) is 27.9 Å². The van der Waals surface area contributed by atoms with Gasteiger partial charge in [0.15, 0.2) is 9.84 Å². The van der Waals surface area contributed by atoms with E-state index >= 15 is 0 Å². The zero-order valence-electron chi connectivity index (χ0n) is 17.1. The van der Waals surface area contributed by atoms with Crippen LogP contribution in [0.25, 0.3) is 5.69 Å². The zero-order valence-corrected chi connectivity index (χ0v) is 19.4. The van der Waals surface area contributed by atoms with Crippen LogP contribution in [0.1, 0.15) is 34.5 Å². The second-order valence-corrected chi connectivity index (χ2v) is 10.3. The van der Waals surface area contributed by atoms with E-state index < -0.39 is 15.8 Å². The van der Waals surface area contributed by atoms with Gasteiger partial charge in [0.25, 0.3) is 5.56 Å². The molecular weight excluding hydrogens is 473 g/mol. The van der Waals surface area contributed by atoms with Crippen molar-refractivity contribution in [1.82, 2.24) is 4.57 Å². The summed E-state index contributed by atoms with van der Waals surface area (Å²) in [5, 5.41) is -0.462. The van der Waals surface area contributed by atoms with Gasteiger partial charge < -0.3 is 4.74 Å². The third kappa shape index (κ3) is 4.20. The highest BCUT2D eigenvalue weighted by Gasteiger charge is 2.25. The number of nitrogens with zero attached hydrogens (tertiary/aromatic N) is 1. The number of esters is 1. The third-order valence-corrected chi connectivity index (χ3v) is 7.50. The van der Waals surface area contributed by atoms with Crippen molar-refractivity contribution >= 4 is 39.0 Å². The quantitative estimate of drug-likeness (QED) is 0.496. The zero-order chi connectivity index (χ0) is 23.0. The highest BCUT2D eigenvalue weighted by atomic mass is 35.5. The van der Waals surface area contributed by atoms with Crippen molar-refractivity contribution in [3.8, 4) is 11.4 Å². The van der Waals surface area contributed by atoms with Crippen LogP contribution in [0.3, 0.4) is 0 Å². The lowest BCUT2D eigenvalue weighted by Gasteiger charge is -2.23. The number of ether oxygens (including phenoxy) is 1. The molecule has 1 aliphatic carbocycles. The van der Waals surface area contributed by atoms with E-state index in [0.717, 1.165) is 36.0 Å². The molecule has 9 heteroatoms. The van der Waals surface area contributed by atoms with Gasteiger partial charge in [-0.15, -0.1) is 0 Å². The SMILES string of the molecule is CS(=O)(=O)c1ccc(C(=O)Oc2cc(=O)n(-c3ccccc3)c3c2CCCC3)c(Cl)c1Cl. The number of fused-ring (bicyclic) bond motifs is 1. The summed E-state index contributed by atoms with van der Waals surface area (Å²) in [6.07, 6.45) is 4.16. The molecule has 2 aromatic carbocycles. The number of rotatable bonds is 4. The fraction of sp³-hybridized carbons (Fsp3) is 0.217. The topological polar surface area (TPSA) is 82.4 Å². The van der Waals surface area contributed by atoms with Crippen LogP contribution >= 0.6 is 23.2 Å². The van der Waals surface area contributed by atoms with Crippen LogP contribution in [0.4, 0.5) is 0 Å². The Hall–Kier alpha value is -2.61. The van der Waals surface area contributed by atoms with Gasteiger partial charge in [0.2, 0.25) is 0 Å². The minimum atomic E-state index is -3.62. The Morgan fingerprint density at radius 1 is 1.00 bits per heavy atom. The van der Waals surface area contributed by atoms with Crippen LogP contribution in [0, 0.1) is 0 Å². The number of para-hydroxylation sites is 1. The molecule has 0 bridgehead atoms. The van der Waals surface area contributed by atoms with Crippen molar-refractivity contribution in [1.29, 1.82) is 0 Å². The van der Waals surface area contributed by atoms with Crippen molar-refractivity contribution in [2.75, 3.05) is 6.26 Å². The molecule has 4 rings (SSSR count). The molecule has 0 fully saturated rings. The highest BCUT2D eigenvalue weighted by molar-refractivity contribution is 7.90. The molecule has 1 aromatic heterocycles. The molecule has 0 radical (unpaired) electrons. The average molecular weight is 492 g/mol. The molecule has 1 aliphatic rings. The minimum Gasteiger partial charge on any atom is -0.422 e. The standard InChI is InChI=1S/C23H19Cl2NO5S/c1-32(29,30)19-12-11-16(21(24)22(19)25)23(28)31-18-13-20(27)26(14-7-3-2-4-8-14)17-10-6-5-9-15(17)18/h2-4,7-8,11-13H,5-6,9-10H2,1H3. The van der Waals surface area contributed by atoms with E-state index in [0.29, 0.717) is 12.8 Å². The lowest BCUT2D eigenvalue weighted by Crippen LogP contribution is -2.26. The summed E-state index contributed by atoms with van der Waals surface area (Å²) in [6, 6.07) is 13.1. The first kappa shape index (κ1) is 22.6. The van der Waals surface area contributed by atoms with Crippen molar-refractivity contribution in [3.05, 3.63) is 85.8 Å². The summed E-state index contributed by atoms with van der Waals surface area (Å²) in [5.41, 5.74) is 1.97. The van der Waals surface area contributed by atoms with E-state index in [1.165, 1.54) is 18.2 Å². The molecule has 0 atom stereocenters. The molecule has 0 unspecified atom stereocenters. The van der Waals surface area contributed by atoms with Crippen LogP contribution in [-0.4, -0.2) is 25.2 Å². The largest absolute Gasteiger partial charge is 0.422 e. The van der Waals surface area contributed by atoms with Gasteiger partial charge in [-0.1, -0.05) is 41.4 Å². The fourth-order valence-corrected chi connectivity index (χ4v) is 5.51. The van der Waals surface area contributed by atoms with Crippen LogP contribution in [0.15, 0.2) is 58.2 Å². The van der Waals surface area contributed by atoms with Crippen LogP contribution in [0.2, 0.25) is 10.0 Å². The molecule has 0 amide bonds. The van der Waals surface area contributed by atoms with Gasteiger partial charge in [0.05, 0.1) is 20.5 Å². The van der Waals surface area contributed by atoms with E-state index in [1.807, 2.05) is 30.3 Å². The number of benzene rings is 2. The molecule has 0 aliphatic heterocycles. The van der Waals surface area contributed by atoms with Crippen molar-refractivity contribution in [3.63, 3.8) is 0 Å². The number of hydrogen-bond donors (Lipinski definition) is 0. The Kier molecular flexibility index (Phi) is 6.16. The van der Waals surface area contributed by atoms with Gasteiger partial charge in [0.1, 0.15) is 5.75 Å². The molecule has 32 heavy (non-hydrogen) atoms. The van der Waals surface area contributed by atoms with Crippen LogP contribution in [-0.2, 0) is 22.7 Å². The molecular formula is C23H19Cl2NO5S. The van der Waals surface area contributed by atoms with Gasteiger partial charge in [-0.25, -0.2) is 13.2 Å². The maximum absolute atomic E-state index is 13.0. The predicted molar refractivity (Wildman–Crippen MR) is 123 cm³/mol. The first-order chi connectivity index (χ1) is 15.2. The number of aromatic nitrogens is 1. The fourth-order valence-electron chi connectivity index (χ4n) is 3.88. The van der Waals surface area contributed by atoms with E-state index in [2.05, 4.69) is 0 Å². The average Bonchev–Trinajstić information content (AvgIpc) is 2.75. The molecule has 166 valence electrons. The Morgan fingerprint density at radius 3 is 2.38 bits per heavy atom. The van der Waals surface area contributed by atoms with Crippen molar-refractivity contribution in [2.45, 2.75) is 30.6 Å². The normalized spacial score (nSPS) is 13.5. The number of carbonyl (C=O) groups excluding carboxylic acids is 1. The molecule has 0 saturated heterocycles. The Labute approximate surface area is 195 Å². The van der Waals surface area contributed by atoms with Gasteiger partial charge in [-0.2, -0.15) is 0 Å². The van der Waals surface area contributed by atoms with Gasteiger partial charge >= 0.3 is 5.97 Å². The maximum atomic E-state index is 13.0. The molecule has 0 saturated carbocycles. The summed E-state index contributed by atoms with van der Waals surface area (Å²) in [7, 11) is -3.62. The minimum absolute atomic E-state index is 0.0825. The smallest absolute Gasteiger partial charge is 0.345 e. The molecule has 0 spiro atoms. The van der Waals surface area contributed by atoms with Crippen LogP contribution in [0.5, 0.6) is 5.75 Å². The van der Waals surface area contributed by atoms with Crippen molar-refractivity contribution in [2.24, 2.45) is 0 Å². The second-order valence-electron chi connectivity index (χ2n) is 7.55.